The van der Waals surface area contributed by atoms with Crippen molar-refractivity contribution in [2.75, 3.05) is 18.0 Å². The Kier molecular flexibility index (Phi) is 6.65. The van der Waals surface area contributed by atoms with E-state index in [4.69, 9.17) is 28.9 Å². The number of nitrogens with zero attached hydrogens (tertiary/aromatic N) is 2. The van der Waals surface area contributed by atoms with Crippen LogP contribution in [0.1, 0.15) is 19.8 Å². The molecule has 1 saturated heterocycles. The summed E-state index contributed by atoms with van der Waals surface area (Å²) in [7, 11) is 0. The minimum absolute atomic E-state index is 0.123. The third kappa shape index (κ3) is 4.58. The Morgan fingerprint density at radius 1 is 1.37 bits per heavy atom. The first-order chi connectivity index (χ1) is 12.9. The van der Waals surface area contributed by atoms with Crippen LogP contribution in [0.3, 0.4) is 0 Å². The molecule has 1 aromatic carbocycles. The molecule has 1 aromatic rings. The second-order valence-corrected chi connectivity index (χ2v) is 10.2. The van der Waals surface area contributed by atoms with Crippen LogP contribution in [0.4, 0.5) is 5.69 Å². The molecule has 0 spiro atoms. The van der Waals surface area contributed by atoms with Crippen LogP contribution in [-0.4, -0.2) is 54.2 Å². The number of thiocarbonyl (C=S) groups is 1. The summed E-state index contributed by atoms with van der Waals surface area (Å²) in [5.74, 6) is -1.43. The van der Waals surface area contributed by atoms with Crippen molar-refractivity contribution in [3.05, 3.63) is 44.9 Å². The van der Waals surface area contributed by atoms with Crippen LogP contribution >= 0.6 is 35.6 Å². The van der Waals surface area contributed by atoms with Gasteiger partial charge in [-0.1, -0.05) is 0 Å². The van der Waals surface area contributed by atoms with E-state index in [1.54, 1.807) is 6.08 Å². The van der Waals surface area contributed by atoms with Gasteiger partial charge in [-0.2, -0.15) is 0 Å². The zero-order valence-corrected chi connectivity index (χ0v) is 18.6. The van der Waals surface area contributed by atoms with Crippen molar-refractivity contribution in [3.8, 4) is 0 Å². The monoisotopic (exact) mass is 488 g/mol. The van der Waals surface area contributed by atoms with Gasteiger partial charge in [0, 0.05) is 0 Å². The van der Waals surface area contributed by atoms with Gasteiger partial charge in [-0.05, 0) is 0 Å². The third-order valence-corrected chi connectivity index (χ3v) is 7.98. The van der Waals surface area contributed by atoms with Crippen molar-refractivity contribution in [2.24, 2.45) is 0 Å². The van der Waals surface area contributed by atoms with Crippen molar-refractivity contribution in [2.45, 2.75) is 19.8 Å². The van der Waals surface area contributed by atoms with Crippen molar-refractivity contribution in [1.29, 1.82) is 0 Å². The number of aliphatic carboxylic acids is 1. The summed E-state index contributed by atoms with van der Waals surface area (Å²) >= 11 is 12.6. The first-order valence-corrected chi connectivity index (χ1v) is 11.6. The number of carboxylic acid groups (broad SMARTS) is 1. The number of anilines is 1. The second-order valence-electron chi connectivity index (χ2n) is 5.91. The van der Waals surface area contributed by atoms with Gasteiger partial charge in [-0.25, -0.2) is 0 Å². The number of hydrogen-bond acceptors (Lipinski definition) is 5. The predicted molar refractivity (Wildman–Crippen MR) is 115 cm³/mol. The molecular weight excluding hydrogens is 471 g/mol. The molecule has 0 aromatic heterocycles. The Bertz CT molecular complexity index is 872. The molecule has 3 rings (SSSR count). The molecule has 27 heavy (non-hydrogen) atoms. The summed E-state index contributed by atoms with van der Waals surface area (Å²) in [6.07, 6.45) is 5.85. The maximum atomic E-state index is 12.4. The van der Waals surface area contributed by atoms with E-state index in [2.05, 4.69) is 17.9 Å². The summed E-state index contributed by atoms with van der Waals surface area (Å²) in [6.45, 7) is 2.64. The first-order valence-electron chi connectivity index (χ1n) is 8.33. The molecule has 1 amide bonds. The van der Waals surface area contributed by atoms with E-state index in [0.717, 1.165) is 46.3 Å². The van der Waals surface area contributed by atoms with E-state index >= 15 is 0 Å². The predicted octanol–water partition coefficient (Wildman–Crippen LogP) is 2.96. The number of carbonyl (C=O) groups is 2. The SMILES string of the molecule is CCCCN1/C(=C/C=C2/SC(=S)N(CC(=O)O)C2=O)[Se]c2ccc(Cl)cc21. The molecule has 0 unspecified atom stereocenters. The normalized spacial score (nSPS) is 19.5. The topological polar surface area (TPSA) is 60.9 Å². The molecule has 1 N–H and O–H groups in total. The Morgan fingerprint density at radius 3 is 2.85 bits per heavy atom. The first kappa shape index (κ1) is 20.4. The zero-order chi connectivity index (χ0) is 19.6. The fourth-order valence-corrected chi connectivity index (χ4v) is 6.29. The van der Waals surface area contributed by atoms with Gasteiger partial charge in [-0.3, -0.25) is 0 Å². The fraction of sp³-hybridized carbons (Fsp3) is 0.278. The molecule has 0 bridgehead atoms. The molecule has 0 aliphatic carbocycles. The quantitative estimate of drug-likeness (QED) is 0.378. The van der Waals surface area contributed by atoms with Crippen molar-refractivity contribution in [3.63, 3.8) is 0 Å². The van der Waals surface area contributed by atoms with Crippen LogP contribution < -0.4 is 9.36 Å². The van der Waals surface area contributed by atoms with Crippen LogP contribution in [0.25, 0.3) is 0 Å². The van der Waals surface area contributed by atoms with E-state index in [1.165, 1.54) is 4.46 Å². The van der Waals surface area contributed by atoms with Gasteiger partial charge in [0.05, 0.1) is 0 Å². The number of thioether (sulfide) groups is 1. The van der Waals surface area contributed by atoms with Crippen LogP contribution in [0.15, 0.2) is 39.9 Å². The number of hydrogen-bond donors (Lipinski definition) is 1. The second kappa shape index (κ2) is 8.80. The van der Waals surface area contributed by atoms with Gasteiger partial charge in [0.25, 0.3) is 0 Å². The van der Waals surface area contributed by atoms with Crippen LogP contribution in [0.5, 0.6) is 0 Å². The van der Waals surface area contributed by atoms with Gasteiger partial charge in [0.1, 0.15) is 0 Å². The number of carbonyl (C=O) groups excluding carboxylic acids is 1. The standard InChI is InChI=1S/C18H17ClN2O3S2Se/c1-2-3-8-20-12-9-11(19)4-6-14(12)27-15(20)7-5-13-17(24)21(10-16(22)23)18(25)26-13/h4-7,9H,2-3,8,10H2,1H3,(H,22,23)/b13-5+,15-7-. The van der Waals surface area contributed by atoms with Gasteiger partial charge in [0.15, 0.2) is 0 Å². The molecule has 1 fully saturated rings. The number of fused-ring (bicyclic) bond motifs is 1. The number of carboxylic acids is 1. The summed E-state index contributed by atoms with van der Waals surface area (Å²) in [5, 5.41) is 9.64. The van der Waals surface area contributed by atoms with Gasteiger partial charge in [0.2, 0.25) is 0 Å². The Hall–Kier alpha value is -1.31. The minimum atomic E-state index is -1.08. The number of amides is 1. The number of unbranched alkanes of at least 4 members (excludes halogenated alkanes) is 1. The Labute approximate surface area is 178 Å². The zero-order valence-electron chi connectivity index (χ0n) is 14.5. The Morgan fingerprint density at radius 2 is 2.15 bits per heavy atom. The van der Waals surface area contributed by atoms with Gasteiger partial charge >= 0.3 is 179 Å². The summed E-state index contributed by atoms with van der Waals surface area (Å²) < 4.78 is 2.69. The number of halogens is 1. The fourth-order valence-electron chi connectivity index (χ4n) is 2.68. The van der Waals surface area contributed by atoms with E-state index in [0.29, 0.717) is 9.93 Å². The molecule has 0 saturated carbocycles. The maximum absolute atomic E-state index is 12.4. The number of benzene rings is 1. The van der Waals surface area contributed by atoms with Crippen LogP contribution in [-0.2, 0) is 9.59 Å². The molecular formula is C18H17ClN2O3S2Se. The average Bonchev–Trinajstić information content (AvgIpc) is 3.09. The van der Waals surface area contributed by atoms with E-state index in [-0.39, 0.29) is 25.2 Å². The van der Waals surface area contributed by atoms with Gasteiger partial charge < -0.3 is 0 Å². The molecule has 2 aliphatic rings. The van der Waals surface area contributed by atoms with Crippen molar-refractivity contribution in [1.82, 2.24) is 4.90 Å². The van der Waals surface area contributed by atoms with Crippen LogP contribution in [0, 0.1) is 0 Å². The molecule has 9 heteroatoms. The third-order valence-electron chi connectivity index (χ3n) is 3.97. The van der Waals surface area contributed by atoms with E-state index in [1.807, 2.05) is 18.2 Å². The molecule has 0 atom stereocenters. The van der Waals surface area contributed by atoms with E-state index < -0.39 is 12.5 Å². The van der Waals surface area contributed by atoms with E-state index in [9.17, 15) is 9.59 Å². The molecule has 0 radical (unpaired) electrons. The molecule has 5 nitrogen and oxygen atoms in total. The molecule has 142 valence electrons. The van der Waals surface area contributed by atoms with Gasteiger partial charge in [-0.15, -0.1) is 0 Å². The Balaban J connectivity index is 1.85. The molecule has 2 heterocycles. The van der Waals surface area contributed by atoms with Crippen molar-refractivity contribution < 1.29 is 14.7 Å². The van der Waals surface area contributed by atoms with Crippen LogP contribution in [0.2, 0.25) is 5.02 Å². The average molecular weight is 488 g/mol. The van der Waals surface area contributed by atoms with Crippen molar-refractivity contribution >= 4 is 76.9 Å². The summed E-state index contributed by atoms with van der Waals surface area (Å²) in [6, 6.07) is 5.95. The number of rotatable bonds is 6. The number of allylic oxidation sites excluding steroid dienone is 2. The summed E-state index contributed by atoms with van der Waals surface area (Å²) in [4.78, 5) is 27.1. The summed E-state index contributed by atoms with van der Waals surface area (Å²) in [5.41, 5.74) is 1.13. The molecule has 2 aliphatic heterocycles.